The number of nitrogens with zero attached hydrogens (tertiary/aromatic N) is 2. The van der Waals surface area contributed by atoms with Crippen LogP contribution in [0, 0.1) is 6.92 Å². The molecule has 2 rings (SSSR count). The van der Waals surface area contributed by atoms with Gasteiger partial charge in [-0.2, -0.15) is 5.10 Å². The third kappa shape index (κ3) is 3.24. The smallest absolute Gasteiger partial charge is 0.325 e. The van der Waals surface area contributed by atoms with Gasteiger partial charge in [-0.15, -0.1) is 11.3 Å². The van der Waals surface area contributed by atoms with Crippen molar-refractivity contribution < 1.29 is 14.7 Å². The topological polar surface area (TPSA) is 84.2 Å². The molecular formula is C13H15N3O3S. The number of aliphatic carboxylic acids is 1. The van der Waals surface area contributed by atoms with E-state index in [2.05, 4.69) is 10.4 Å². The number of carboxylic acid groups (broad SMARTS) is 1. The van der Waals surface area contributed by atoms with Crippen LogP contribution < -0.4 is 5.32 Å². The number of nitrogens with one attached hydrogen (secondary N) is 1. The second-order valence-electron chi connectivity index (χ2n) is 4.32. The Kier molecular flexibility index (Phi) is 4.19. The summed E-state index contributed by atoms with van der Waals surface area (Å²) in [7, 11) is 0. The summed E-state index contributed by atoms with van der Waals surface area (Å²) in [6.45, 7) is 3.81. The fourth-order valence-electron chi connectivity index (χ4n) is 1.83. The van der Waals surface area contributed by atoms with Crippen LogP contribution in [-0.2, 0) is 17.8 Å². The van der Waals surface area contributed by atoms with Crippen molar-refractivity contribution >= 4 is 28.9 Å². The van der Waals surface area contributed by atoms with E-state index >= 15 is 0 Å². The second-order valence-corrected chi connectivity index (χ2v) is 5.58. The third-order valence-electron chi connectivity index (χ3n) is 2.81. The molecule has 2 heterocycles. The summed E-state index contributed by atoms with van der Waals surface area (Å²) in [5.74, 6) is -1.18. The van der Waals surface area contributed by atoms with Gasteiger partial charge in [0.05, 0.1) is 16.8 Å². The molecule has 0 fully saturated rings. The molecule has 2 N–H and O–H groups in total. The molecule has 0 unspecified atom stereocenters. The number of aryl methyl sites for hydroxylation is 2. The van der Waals surface area contributed by atoms with E-state index in [-0.39, 0.29) is 12.5 Å². The maximum absolute atomic E-state index is 12.1. The monoisotopic (exact) mass is 293 g/mol. The van der Waals surface area contributed by atoms with E-state index in [0.29, 0.717) is 10.6 Å². The van der Waals surface area contributed by atoms with E-state index in [1.54, 1.807) is 0 Å². The van der Waals surface area contributed by atoms with Crippen LogP contribution in [-0.4, -0.2) is 26.8 Å². The maximum Gasteiger partial charge on any atom is 0.325 e. The van der Waals surface area contributed by atoms with Crippen LogP contribution in [0.2, 0.25) is 0 Å². The van der Waals surface area contributed by atoms with Crippen molar-refractivity contribution in [2.75, 3.05) is 5.32 Å². The molecule has 20 heavy (non-hydrogen) atoms. The van der Waals surface area contributed by atoms with Crippen LogP contribution in [0.3, 0.4) is 0 Å². The maximum atomic E-state index is 12.1. The molecule has 0 saturated carbocycles. The first kappa shape index (κ1) is 14.3. The van der Waals surface area contributed by atoms with Gasteiger partial charge in [0.25, 0.3) is 5.91 Å². The molecule has 0 aliphatic rings. The predicted molar refractivity (Wildman–Crippen MR) is 76.3 cm³/mol. The lowest BCUT2D eigenvalue weighted by atomic mass is 10.2. The summed E-state index contributed by atoms with van der Waals surface area (Å²) in [6, 6.07) is 1.89. The molecule has 2 aromatic rings. The quantitative estimate of drug-likeness (QED) is 0.884. The fraction of sp³-hybridized carbons (Fsp3) is 0.308. The number of aromatic nitrogens is 2. The summed E-state index contributed by atoms with van der Waals surface area (Å²) in [6.07, 6.45) is 3.82. The first-order chi connectivity index (χ1) is 9.49. The lowest BCUT2D eigenvalue weighted by molar-refractivity contribution is -0.137. The number of thiophene rings is 1. The molecule has 106 valence electrons. The summed E-state index contributed by atoms with van der Waals surface area (Å²) in [5, 5.41) is 15.2. The number of carbonyl (C=O) groups excluding carboxylic acids is 1. The minimum Gasteiger partial charge on any atom is -0.480 e. The number of hydrogen-bond donors (Lipinski definition) is 2. The molecule has 2 aromatic heterocycles. The Morgan fingerprint density at radius 1 is 1.50 bits per heavy atom. The Balaban J connectivity index is 2.07. The molecule has 0 aliphatic carbocycles. The number of hydrogen-bond acceptors (Lipinski definition) is 4. The molecule has 7 heteroatoms. The molecule has 0 atom stereocenters. The van der Waals surface area contributed by atoms with Gasteiger partial charge < -0.3 is 10.4 Å². The van der Waals surface area contributed by atoms with Crippen molar-refractivity contribution in [3.05, 3.63) is 33.8 Å². The van der Waals surface area contributed by atoms with Gasteiger partial charge in [0.15, 0.2) is 0 Å². The van der Waals surface area contributed by atoms with Gasteiger partial charge in [0.1, 0.15) is 6.54 Å². The highest BCUT2D eigenvalue weighted by molar-refractivity contribution is 7.14. The number of anilines is 1. The van der Waals surface area contributed by atoms with Crippen molar-refractivity contribution in [2.45, 2.75) is 26.8 Å². The zero-order valence-corrected chi connectivity index (χ0v) is 12.0. The van der Waals surface area contributed by atoms with Gasteiger partial charge in [0.2, 0.25) is 0 Å². The first-order valence-electron chi connectivity index (χ1n) is 6.14. The van der Waals surface area contributed by atoms with Crippen LogP contribution in [0.1, 0.15) is 27.0 Å². The van der Waals surface area contributed by atoms with E-state index in [4.69, 9.17) is 5.11 Å². The van der Waals surface area contributed by atoms with Crippen LogP contribution >= 0.6 is 11.3 Å². The molecule has 0 saturated heterocycles. The van der Waals surface area contributed by atoms with E-state index in [1.807, 2.05) is 19.9 Å². The molecule has 0 aromatic carbocycles. The van der Waals surface area contributed by atoms with Gasteiger partial charge in [-0.1, -0.05) is 6.92 Å². The van der Waals surface area contributed by atoms with E-state index in [1.165, 1.54) is 34.0 Å². The predicted octanol–water partition coefficient (Wildman–Crippen LogP) is 2.15. The van der Waals surface area contributed by atoms with Crippen molar-refractivity contribution in [2.24, 2.45) is 0 Å². The van der Waals surface area contributed by atoms with Crippen LogP contribution in [0.15, 0.2) is 18.5 Å². The molecular weight excluding hydrogens is 278 g/mol. The normalized spacial score (nSPS) is 10.5. The van der Waals surface area contributed by atoms with E-state index in [0.717, 1.165) is 11.3 Å². The zero-order valence-electron chi connectivity index (χ0n) is 11.2. The Morgan fingerprint density at radius 2 is 2.25 bits per heavy atom. The van der Waals surface area contributed by atoms with Crippen molar-refractivity contribution in [3.63, 3.8) is 0 Å². The van der Waals surface area contributed by atoms with Crippen molar-refractivity contribution in [1.29, 1.82) is 0 Å². The largest absolute Gasteiger partial charge is 0.480 e. The summed E-state index contributed by atoms with van der Waals surface area (Å²) < 4.78 is 1.26. The molecule has 0 aliphatic heterocycles. The first-order valence-corrected chi connectivity index (χ1v) is 6.96. The zero-order chi connectivity index (χ0) is 14.7. The Labute approximate surface area is 120 Å². The second kappa shape index (κ2) is 5.87. The van der Waals surface area contributed by atoms with Crippen LogP contribution in [0.25, 0.3) is 0 Å². The minimum atomic E-state index is -0.979. The van der Waals surface area contributed by atoms with Crippen molar-refractivity contribution in [1.82, 2.24) is 9.78 Å². The summed E-state index contributed by atoms with van der Waals surface area (Å²) in [5.41, 5.74) is 1.65. The highest BCUT2D eigenvalue weighted by Gasteiger charge is 2.13. The number of rotatable bonds is 5. The minimum absolute atomic E-state index is 0.201. The molecule has 0 radical (unpaired) electrons. The standard InChI is InChI=1S/C13H15N3O3S/c1-3-9-4-11(20-8(9)2)13(19)15-10-5-14-16(6-10)7-12(17)18/h4-6H,3,7H2,1-2H3,(H,15,19)(H,17,18). The van der Waals surface area contributed by atoms with Gasteiger partial charge in [-0.3, -0.25) is 14.3 Å². The fourth-order valence-corrected chi connectivity index (χ4v) is 2.84. The molecule has 1 amide bonds. The van der Waals surface area contributed by atoms with Gasteiger partial charge >= 0.3 is 5.97 Å². The summed E-state index contributed by atoms with van der Waals surface area (Å²) in [4.78, 5) is 24.4. The van der Waals surface area contributed by atoms with E-state index in [9.17, 15) is 9.59 Å². The molecule has 0 spiro atoms. The van der Waals surface area contributed by atoms with Crippen LogP contribution in [0.4, 0.5) is 5.69 Å². The number of carbonyl (C=O) groups is 2. The Morgan fingerprint density at radius 3 is 2.85 bits per heavy atom. The average molecular weight is 293 g/mol. The number of carboxylic acids is 1. The Hall–Kier alpha value is -2.15. The number of amides is 1. The van der Waals surface area contributed by atoms with Crippen molar-refractivity contribution in [3.8, 4) is 0 Å². The molecule has 6 nitrogen and oxygen atoms in total. The lowest BCUT2D eigenvalue weighted by Crippen LogP contribution is -2.10. The Bertz CT molecular complexity index is 645. The third-order valence-corrected chi connectivity index (χ3v) is 3.91. The van der Waals surface area contributed by atoms with Gasteiger partial charge in [-0.25, -0.2) is 0 Å². The lowest BCUT2D eigenvalue weighted by Gasteiger charge is -1.99. The van der Waals surface area contributed by atoms with Gasteiger partial charge in [0, 0.05) is 11.1 Å². The van der Waals surface area contributed by atoms with Gasteiger partial charge in [-0.05, 0) is 25.0 Å². The SMILES string of the molecule is CCc1cc(C(=O)Nc2cnn(CC(=O)O)c2)sc1C. The average Bonchev–Trinajstić information content (AvgIpc) is 2.95. The molecule has 0 bridgehead atoms. The highest BCUT2D eigenvalue weighted by atomic mass is 32.1. The van der Waals surface area contributed by atoms with E-state index < -0.39 is 5.97 Å². The van der Waals surface area contributed by atoms with Crippen LogP contribution in [0.5, 0.6) is 0 Å². The summed E-state index contributed by atoms with van der Waals surface area (Å²) >= 11 is 1.45. The highest BCUT2D eigenvalue weighted by Crippen LogP contribution is 2.23.